The zero-order valence-corrected chi connectivity index (χ0v) is 11.5. The van der Waals surface area contributed by atoms with Gasteiger partial charge in [-0.3, -0.25) is 4.90 Å². The average molecular weight is 243 g/mol. The fourth-order valence-corrected chi connectivity index (χ4v) is 2.04. The van der Waals surface area contributed by atoms with Crippen molar-refractivity contribution in [2.75, 3.05) is 79.5 Å². The molecular weight excluding hydrogens is 214 g/mol. The maximum atomic E-state index is 5.50. The highest BCUT2D eigenvalue weighted by Crippen LogP contribution is 1.97. The highest BCUT2D eigenvalue weighted by atomic mass is 15.2. The van der Waals surface area contributed by atoms with Crippen LogP contribution in [0, 0.1) is 0 Å². The Hall–Kier alpha value is -0.200. The van der Waals surface area contributed by atoms with E-state index in [1.54, 1.807) is 0 Å². The molecule has 1 aliphatic heterocycles. The summed E-state index contributed by atoms with van der Waals surface area (Å²) >= 11 is 0. The Morgan fingerprint density at radius 2 is 1.82 bits per heavy atom. The van der Waals surface area contributed by atoms with Crippen molar-refractivity contribution in [3.63, 3.8) is 0 Å². The maximum Gasteiger partial charge on any atom is 0.0110 e. The predicted molar refractivity (Wildman–Crippen MR) is 73.4 cm³/mol. The van der Waals surface area contributed by atoms with Crippen molar-refractivity contribution in [2.24, 2.45) is 5.73 Å². The Morgan fingerprint density at radius 1 is 1.12 bits per heavy atom. The van der Waals surface area contributed by atoms with Crippen LogP contribution in [0.3, 0.4) is 0 Å². The molecule has 0 amide bonds. The second-order valence-corrected chi connectivity index (χ2v) is 4.99. The van der Waals surface area contributed by atoms with Gasteiger partial charge in [0.2, 0.25) is 0 Å². The number of hydrogen-bond acceptors (Lipinski definition) is 5. The van der Waals surface area contributed by atoms with Gasteiger partial charge < -0.3 is 20.9 Å². The van der Waals surface area contributed by atoms with Crippen LogP contribution in [0.1, 0.15) is 0 Å². The van der Waals surface area contributed by atoms with Gasteiger partial charge in [0.25, 0.3) is 0 Å². The van der Waals surface area contributed by atoms with Crippen LogP contribution in [-0.2, 0) is 0 Å². The van der Waals surface area contributed by atoms with E-state index in [0.717, 1.165) is 32.7 Å². The van der Waals surface area contributed by atoms with Crippen LogP contribution in [0.5, 0.6) is 0 Å². The van der Waals surface area contributed by atoms with Crippen LogP contribution in [0.15, 0.2) is 0 Å². The largest absolute Gasteiger partial charge is 0.329 e. The Kier molecular flexibility index (Phi) is 7.72. The van der Waals surface area contributed by atoms with Gasteiger partial charge >= 0.3 is 0 Å². The lowest BCUT2D eigenvalue weighted by Gasteiger charge is -2.32. The molecule has 0 bridgehead atoms. The summed E-state index contributed by atoms with van der Waals surface area (Å²) in [4.78, 5) is 7.20. The summed E-state index contributed by atoms with van der Waals surface area (Å²) in [5, 5.41) is 3.50. The smallest absolute Gasteiger partial charge is 0.0110 e. The topological polar surface area (TPSA) is 47.8 Å². The normalized spacial score (nSPS) is 19.1. The van der Waals surface area contributed by atoms with E-state index in [4.69, 9.17) is 5.73 Å². The van der Waals surface area contributed by atoms with Crippen LogP contribution in [0.2, 0.25) is 0 Å². The number of nitrogens with one attached hydrogen (secondary N) is 1. The fraction of sp³-hybridized carbons (Fsp3) is 1.00. The van der Waals surface area contributed by atoms with Gasteiger partial charge in [0.1, 0.15) is 0 Å². The molecule has 0 atom stereocenters. The third-order valence-corrected chi connectivity index (χ3v) is 3.38. The lowest BCUT2D eigenvalue weighted by atomic mass is 10.3. The summed E-state index contributed by atoms with van der Waals surface area (Å²) < 4.78 is 0. The Morgan fingerprint density at radius 3 is 2.47 bits per heavy atom. The zero-order chi connectivity index (χ0) is 12.5. The molecule has 102 valence electrons. The maximum absolute atomic E-state index is 5.50. The van der Waals surface area contributed by atoms with Gasteiger partial charge in [-0.1, -0.05) is 0 Å². The second-order valence-electron chi connectivity index (χ2n) is 4.99. The van der Waals surface area contributed by atoms with Gasteiger partial charge in [-0.15, -0.1) is 0 Å². The lowest BCUT2D eigenvalue weighted by molar-refractivity contribution is 0.154. The van der Waals surface area contributed by atoms with E-state index in [0.29, 0.717) is 0 Å². The first-order valence-corrected chi connectivity index (χ1v) is 6.72. The van der Waals surface area contributed by atoms with Crippen molar-refractivity contribution in [1.29, 1.82) is 0 Å². The molecule has 1 aliphatic rings. The first-order valence-electron chi connectivity index (χ1n) is 6.72. The molecule has 3 N–H and O–H groups in total. The standard InChI is InChI=1S/C12H29N5/c1-15(6-3-13)7-4-14-5-8-17-11-9-16(2)10-12-17/h14H,3-13H2,1-2H3. The van der Waals surface area contributed by atoms with Gasteiger partial charge in [-0.2, -0.15) is 0 Å². The minimum absolute atomic E-state index is 0.748. The number of rotatable bonds is 8. The van der Waals surface area contributed by atoms with Crippen molar-refractivity contribution >= 4 is 0 Å². The van der Waals surface area contributed by atoms with Gasteiger partial charge in [0, 0.05) is 65.4 Å². The summed E-state index contributed by atoms with van der Waals surface area (Å²) in [7, 11) is 4.32. The first-order chi connectivity index (χ1) is 8.22. The highest BCUT2D eigenvalue weighted by molar-refractivity contribution is 4.69. The predicted octanol–water partition coefficient (Wildman–Crippen LogP) is -1.29. The molecule has 5 heteroatoms. The van der Waals surface area contributed by atoms with E-state index < -0.39 is 0 Å². The summed E-state index contributed by atoms with van der Waals surface area (Å²) in [6.07, 6.45) is 0. The summed E-state index contributed by atoms with van der Waals surface area (Å²) in [5.74, 6) is 0. The number of hydrogen-bond donors (Lipinski definition) is 2. The van der Waals surface area contributed by atoms with E-state index >= 15 is 0 Å². The van der Waals surface area contributed by atoms with Crippen molar-refractivity contribution in [1.82, 2.24) is 20.0 Å². The van der Waals surface area contributed by atoms with Crippen LogP contribution < -0.4 is 11.1 Å². The van der Waals surface area contributed by atoms with E-state index in [2.05, 4.69) is 34.1 Å². The van der Waals surface area contributed by atoms with Gasteiger partial charge in [-0.05, 0) is 14.1 Å². The highest BCUT2D eigenvalue weighted by Gasteiger charge is 2.12. The summed E-state index contributed by atoms with van der Waals surface area (Å²) in [6.45, 7) is 11.0. The molecular formula is C12H29N5. The summed E-state index contributed by atoms with van der Waals surface area (Å²) in [5.41, 5.74) is 5.50. The number of likely N-dealkylation sites (N-methyl/N-ethyl adjacent to an activating group) is 2. The minimum Gasteiger partial charge on any atom is -0.329 e. The molecule has 0 aromatic rings. The third-order valence-electron chi connectivity index (χ3n) is 3.38. The Labute approximate surface area is 106 Å². The molecule has 17 heavy (non-hydrogen) atoms. The van der Waals surface area contributed by atoms with Gasteiger partial charge in [0.15, 0.2) is 0 Å². The molecule has 1 fully saturated rings. The Bertz CT molecular complexity index is 180. The van der Waals surface area contributed by atoms with Crippen molar-refractivity contribution in [2.45, 2.75) is 0 Å². The fourth-order valence-electron chi connectivity index (χ4n) is 2.04. The zero-order valence-electron chi connectivity index (χ0n) is 11.5. The van der Waals surface area contributed by atoms with E-state index in [1.165, 1.54) is 32.7 Å². The Balaban J connectivity index is 1.90. The molecule has 1 heterocycles. The summed E-state index contributed by atoms with van der Waals surface area (Å²) in [6, 6.07) is 0. The number of nitrogens with two attached hydrogens (primary N) is 1. The molecule has 5 nitrogen and oxygen atoms in total. The molecule has 0 aromatic carbocycles. The molecule has 0 radical (unpaired) electrons. The van der Waals surface area contributed by atoms with E-state index in [9.17, 15) is 0 Å². The second kappa shape index (κ2) is 8.83. The minimum atomic E-state index is 0.748. The van der Waals surface area contributed by atoms with Crippen LogP contribution in [-0.4, -0.2) is 94.2 Å². The van der Waals surface area contributed by atoms with Crippen molar-refractivity contribution < 1.29 is 0 Å². The van der Waals surface area contributed by atoms with E-state index in [1.807, 2.05) is 0 Å². The van der Waals surface area contributed by atoms with Crippen LogP contribution >= 0.6 is 0 Å². The number of piperazine rings is 1. The van der Waals surface area contributed by atoms with Gasteiger partial charge in [0.05, 0.1) is 0 Å². The number of nitrogens with zero attached hydrogens (tertiary/aromatic N) is 3. The molecule has 0 saturated carbocycles. The van der Waals surface area contributed by atoms with Gasteiger partial charge in [-0.25, -0.2) is 0 Å². The lowest BCUT2D eigenvalue weighted by Crippen LogP contribution is -2.46. The molecule has 0 aromatic heterocycles. The van der Waals surface area contributed by atoms with Crippen molar-refractivity contribution in [3.05, 3.63) is 0 Å². The molecule has 1 saturated heterocycles. The van der Waals surface area contributed by atoms with Crippen LogP contribution in [0.25, 0.3) is 0 Å². The quantitative estimate of drug-likeness (QED) is 0.520. The third kappa shape index (κ3) is 6.95. The first kappa shape index (κ1) is 14.9. The molecule has 1 rings (SSSR count). The molecule has 0 spiro atoms. The SMILES string of the molecule is CN(CCN)CCNCCN1CCN(C)CC1. The molecule has 0 aliphatic carbocycles. The average Bonchev–Trinajstić information content (AvgIpc) is 2.31. The monoisotopic (exact) mass is 243 g/mol. The van der Waals surface area contributed by atoms with E-state index in [-0.39, 0.29) is 0 Å². The molecule has 0 unspecified atom stereocenters. The van der Waals surface area contributed by atoms with Crippen LogP contribution in [0.4, 0.5) is 0 Å². The van der Waals surface area contributed by atoms with Crippen molar-refractivity contribution in [3.8, 4) is 0 Å².